The minimum atomic E-state index is -0.529. The molecule has 0 bridgehead atoms. The van der Waals surface area contributed by atoms with Crippen LogP contribution in [0.2, 0.25) is 0 Å². The Hall–Kier alpha value is -2.38. The summed E-state index contributed by atoms with van der Waals surface area (Å²) in [5.74, 6) is -0.715. The van der Waals surface area contributed by atoms with Gasteiger partial charge in [-0.1, -0.05) is 36.0 Å². The number of anilines is 1. The summed E-state index contributed by atoms with van der Waals surface area (Å²) in [6, 6.07) is 11.7. The molecule has 2 aromatic heterocycles. The summed E-state index contributed by atoms with van der Waals surface area (Å²) in [5, 5.41) is 4.82. The summed E-state index contributed by atoms with van der Waals surface area (Å²) in [7, 11) is 0. The maximum Gasteiger partial charge on any atom is 0.251 e. The van der Waals surface area contributed by atoms with Gasteiger partial charge in [0.25, 0.3) is 5.91 Å². The number of aryl methyl sites for hydroxylation is 1. The van der Waals surface area contributed by atoms with Gasteiger partial charge in [-0.2, -0.15) is 0 Å². The summed E-state index contributed by atoms with van der Waals surface area (Å²) < 4.78 is 0. The van der Waals surface area contributed by atoms with Crippen LogP contribution in [0.25, 0.3) is 10.9 Å². The number of hydrogen-bond acceptors (Lipinski definition) is 5. The molecule has 0 aliphatic carbocycles. The number of amides is 2. The monoisotopic (exact) mass is 385 g/mol. The Morgan fingerprint density at radius 2 is 1.92 bits per heavy atom. The summed E-state index contributed by atoms with van der Waals surface area (Å²) in [4.78, 5) is 29.8. The molecule has 7 heteroatoms. The molecule has 2 amide bonds. The first-order valence-electron chi connectivity index (χ1n) is 8.10. The maximum atomic E-state index is 12.6. The van der Waals surface area contributed by atoms with Crippen molar-refractivity contribution in [2.24, 2.45) is 5.73 Å². The maximum absolute atomic E-state index is 12.6. The van der Waals surface area contributed by atoms with Gasteiger partial charge in [-0.25, -0.2) is 4.98 Å². The number of rotatable bonds is 5. The summed E-state index contributed by atoms with van der Waals surface area (Å²) in [6.45, 7) is 5.55. The number of hydrogen-bond donors (Lipinski definition) is 2. The van der Waals surface area contributed by atoms with Gasteiger partial charge in [0.15, 0.2) is 0 Å². The van der Waals surface area contributed by atoms with Gasteiger partial charge in [0.2, 0.25) is 5.91 Å². The SMILES string of the molecule is Cc1sc(NC(=O)C(C)Sc2ccc3ccccc3n2)c(C(N)=O)c1C. The minimum absolute atomic E-state index is 0.186. The van der Waals surface area contributed by atoms with E-state index < -0.39 is 5.91 Å². The van der Waals surface area contributed by atoms with Crippen molar-refractivity contribution in [3.8, 4) is 0 Å². The van der Waals surface area contributed by atoms with Gasteiger partial charge in [0.05, 0.1) is 21.4 Å². The quantitative estimate of drug-likeness (QED) is 0.647. The van der Waals surface area contributed by atoms with Crippen molar-refractivity contribution in [3.63, 3.8) is 0 Å². The standard InChI is InChI=1S/C19H19N3O2S2/c1-10-11(2)26-19(16(10)17(20)23)22-18(24)12(3)25-15-9-8-13-6-4-5-7-14(13)21-15/h4-9,12H,1-3H3,(H2,20,23)(H,22,24). The molecular formula is C19H19N3O2S2. The van der Waals surface area contributed by atoms with Crippen molar-refractivity contribution in [3.05, 3.63) is 52.4 Å². The normalized spacial score (nSPS) is 12.1. The summed E-state index contributed by atoms with van der Waals surface area (Å²) in [6.07, 6.45) is 0. The van der Waals surface area contributed by atoms with Crippen LogP contribution in [0.15, 0.2) is 41.4 Å². The third-order valence-electron chi connectivity index (χ3n) is 4.11. The van der Waals surface area contributed by atoms with Crippen molar-refractivity contribution in [2.45, 2.75) is 31.0 Å². The van der Waals surface area contributed by atoms with E-state index in [2.05, 4.69) is 10.3 Å². The number of thioether (sulfide) groups is 1. The number of thiophene rings is 1. The van der Waals surface area contributed by atoms with Crippen LogP contribution in [-0.4, -0.2) is 22.0 Å². The molecule has 1 aromatic carbocycles. The van der Waals surface area contributed by atoms with Crippen LogP contribution in [-0.2, 0) is 4.79 Å². The Labute approximate surface area is 160 Å². The fourth-order valence-electron chi connectivity index (χ4n) is 2.57. The summed E-state index contributed by atoms with van der Waals surface area (Å²) >= 11 is 2.74. The first kappa shape index (κ1) is 18.4. The van der Waals surface area contributed by atoms with Crippen LogP contribution in [0.5, 0.6) is 0 Å². The van der Waals surface area contributed by atoms with Crippen LogP contribution in [0, 0.1) is 13.8 Å². The number of nitrogens with two attached hydrogens (primary N) is 1. The number of fused-ring (bicyclic) bond motifs is 1. The number of benzene rings is 1. The van der Waals surface area contributed by atoms with E-state index >= 15 is 0 Å². The van der Waals surface area contributed by atoms with E-state index in [0.29, 0.717) is 10.6 Å². The van der Waals surface area contributed by atoms with Crippen LogP contribution in [0.3, 0.4) is 0 Å². The second kappa shape index (κ2) is 7.47. The second-order valence-electron chi connectivity index (χ2n) is 5.94. The smallest absolute Gasteiger partial charge is 0.251 e. The van der Waals surface area contributed by atoms with E-state index in [1.807, 2.05) is 57.2 Å². The van der Waals surface area contributed by atoms with Gasteiger partial charge in [-0.3, -0.25) is 9.59 Å². The molecule has 3 N–H and O–H groups in total. The number of primary amides is 1. The van der Waals surface area contributed by atoms with Gasteiger partial charge >= 0.3 is 0 Å². The predicted octanol–water partition coefficient (Wildman–Crippen LogP) is 4.13. The zero-order valence-corrected chi connectivity index (χ0v) is 16.3. The highest BCUT2D eigenvalue weighted by Crippen LogP contribution is 2.33. The van der Waals surface area contributed by atoms with Crippen molar-refractivity contribution in [2.75, 3.05) is 5.32 Å². The lowest BCUT2D eigenvalue weighted by molar-refractivity contribution is -0.115. The van der Waals surface area contributed by atoms with Crippen LogP contribution in [0.1, 0.15) is 27.7 Å². The molecule has 3 aromatic rings. The molecule has 26 heavy (non-hydrogen) atoms. The van der Waals surface area contributed by atoms with Crippen LogP contribution >= 0.6 is 23.1 Å². The molecule has 5 nitrogen and oxygen atoms in total. The van der Waals surface area contributed by atoms with Gasteiger partial charge in [0, 0.05) is 10.3 Å². The lowest BCUT2D eigenvalue weighted by atomic mass is 10.1. The van der Waals surface area contributed by atoms with E-state index in [1.165, 1.54) is 23.1 Å². The van der Waals surface area contributed by atoms with Crippen molar-refractivity contribution < 1.29 is 9.59 Å². The molecule has 0 aliphatic rings. The zero-order chi connectivity index (χ0) is 18.8. The molecule has 3 rings (SSSR count). The number of pyridine rings is 1. The Balaban J connectivity index is 1.75. The fraction of sp³-hybridized carbons (Fsp3) is 0.211. The average Bonchev–Trinajstić information content (AvgIpc) is 2.88. The summed E-state index contributed by atoms with van der Waals surface area (Å²) in [5.41, 5.74) is 7.56. The number of carbonyl (C=O) groups excluding carboxylic acids is 2. The number of para-hydroxylation sites is 1. The molecule has 0 spiro atoms. The molecule has 0 fully saturated rings. The fourth-order valence-corrected chi connectivity index (χ4v) is 4.47. The molecule has 0 saturated heterocycles. The zero-order valence-electron chi connectivity index (χ0n) is 14.7. The topological polar surface area (TPSA) is 85.1 Å². The van der Waals surface area contributed by atoms with Crippen molar-refractivity contribution >= 4 is 50.8 Å². The van der Waals surface area contributed by atoms with E-state index in [4.69, 9.17) is 5.73 Å². The molecule has 1 unspecified atom stereocenters. The first-order chi connectivity index (χ1) is 12.4. The van der Waals surface area contributed by atoms with Gasteiger partial charge < -0.3 is 11.1 Å². The third kappa shape index (κ3) is 3.73. The van der Waals surface area contributed by atoms with Crippen LogP contribution in [0.4, 0.5) is 5.00 Å². The highest BCUT2D eigenvalue weighted by Gasteiger charge is 2.22. The Morgan fingerprint density at radius 3 is 2.65 bits per heavy atom. The Bertz CT molecular complexity index is 998. The Kier molecular flexibility index (Phi) is 5.29. The molecule has 0 radical (unpaired) electrons. The molecule has 2 heterocycles. The minimum Gasteiger partial charge on any atom is -0.365 e. The van der Waals surface area contributed by atoms with Crippen molar-refractivity contribution in [1.29, 1.82) is 0 Å². The van der Waals surface area contributed by atoms with E-state index in [0.717, 1.165) is 26.4 Å². The lowest BCUT2D eigenvalue weighted by Gasteiger charge is -2.12. The third-order valence-corrected chi connectivity index (χ3v) is 6.27. The van der Waals surface area contributed by atoms with Crippen LogP contribution < -0.4 is 11.1 Å². The Morgan fingerprint density at radius 1 is 1.19 bits per heavy atom. The van der Waals surface area contributed by atoms with E-state index in [1.54, 1.807) is 0 Å². The largest absolute Gasteiger partial charge is 0.365 e. The number of nitrogens with zero attached hydrogens (tertiary/aromatic N) is 1. The molecule has 1 atom stereocenters. The van der Waals surface area contributed by atoms with E-state index in [9.17, 15) is 9.59 Å². The number of nitrogens with one attached hydrogen (secondary N) is 1. The van der Waals surface area contributed by atoms with Crippen molar-refractivity contribution in [1.82, 2.24) is 4.98 Å². The van der Waals surface area contributed by atoms with Gasteiger partial charge in [-0.15, -0.1) is 11.3 Å². The molecule has 0 saturated carbocycles. The second-order valence-corrected chi connectivity index (χ2v) is 8.53. The highest BCUT2D eigenvalue weighted by molar-refractivity contribution is 8.00. The number of aromatic nitrogens is 1. The lowest BCUT2D eigenvalue weighted by Crippen LogP contribution is -2.24. The molecular weight excluding hydrogens is 366 g/mol. The highest BCUT2D eigenvalue weighted by atomic mass is 32.2. The number of carbonyl (C=O) groups is 2. The average molecular weight is 386 g/mol. The molecule has 134 valence electrons. The van der Waals surface area contributed by atoms with E-state index in [-0.39, 0.29) is 11.2 Å². The van der Waals surface area contributed by atoms with Gasteiger partial charge in [-0.05, 0) is 38.5 Å². The predicted molar refractivity (Wildman–Crippen MR) is 108 cm³/mol. The molecule has 0 aliphatic heterocycles. The van der Waals surface area contributed by atoms with Gasteiger partial charge in [0.1, 0.15) is 5.00 Å². The first-order valence-corrected chi connectivity index (χ1v) is 9.79.